The molecular weight excluding hydrogens is 264 g/mol. The number of methoxy groups -OCH3 is 1. The van der Waals surface area contributed by atoms with E-state index in [-0.39, 0.29) is 47.5 Å². The number of carbonyl (C=O) groups excluding carboxylic acids is 2. The molecule has 20 heavy (non-hydrogen) atoms. The summed E-state index contributed by atoms with van der Waals surface area (Å²) in [4.78, 5) is 25.9. The largest absolute Gasteiger partial charge is 0.504 e. The van der Waals surface area contributed by atoms with Gasteiger partial charge in [-0.25, -0.2) is 0 Å². The van der Waals surface area contributed by atoms with Crippen molar-refractivity contribution < 1.29 is 24.5 Å². The van der Waals surface area contributed by atoms with E-state index in [4.69, 9.17) is 4.74 Å². The highest BCUT2D eigenvalue weighted by atomic mass is 16.5. The second kappa shape index (κ2) is 4.38. The molecule has 2 amide bonds. The number of hydrogen-bond acceptors (Lipinski definition) is 5. The molecule has 0 spiro atoms. The molecule has 0 bridgehead atoms. The summed E-state index contributed by atoms with van der Waals surface area (Å²) >= 11 is 0. The number of aliphatic hydroxyl groups is 1. The summed E-state index contributed by atoms with van der Waals surface area (Å²) in [6.45, 7) is 0.125. The first-order valence-electron chi connectivity index (χ1n) is 6.22. The van der Waals surface area contributed by atoms with Crippen molar-refractivity contribution in [1.82, 2.24) is 4.90 Å². The quantitative estimate of drug-likeness (QED) is 0.667. The fourth-order valence-corrected chi connectivity index (χ4v) is 2.67. The maximum Gasteiger partial charge on any atom is 0.256 e. The lowest BCUT2D eigenvalue weighted by Crippen LogP contribution is -2.40. The summed E-state index contributed by atoms with van der Waals surface area (Å²) in [5, 5.41) is 22.0. The predicted octanol–water partition coefficient (Wildman–Crippen LogP) is -0.0717. The number of ether oxygens (including phenoxy) is 1. The highest BCUT2D eigenvalue weighted by molar-refractivity contribution is 6.10. The van der Waals surface area contributed by atoms with Crippen LogP contribution in [0.4, 0.5) is 5.69 Å². The molecular formula is C13H14N2O5. The van der Waals surface area contributed by atoms with Crippen LogP contribution in [0, 0.1) is 0 Å². The van der Waals surface area contributed by atoms with E-state index in [9.17, 15) is 19.8 Å². The van der Waals surface area contributed by atoms with Crippen molar-refractivity contribution >= 4 is 17.5 Å². The summed E-state index contributed by atoms with van der Waals surface area (Å²) in [5.41, 5.74) is 0.492. The third-order valence-corrected chi connectivity index (χ3v) is 3.65. The lowest BCUT2D eigenvalue weighted by atomic mass is 10.1. The second-order valence-corrected chi connectivity index (χ2v) is 4.92. The van der Waals surface area contributed by atoms with Gasteiger partial charge in [0, 0.05) is 19.0 Å². The first-order valence-corrected chi connectivity index (χ1v) is 6.22. The molecule has 1 aromatic rings. The Labute approximate surface area is 114 Å². The molecule has 3 rings (SSSR count). The van der Waals surface area contributed by atoms with Gasteiger partial charge in [-0.05, 0) is 6.07 Å². The Kier molecular flexibility index (Phi) is 2.79. The Balaban J connectivity index is 2.10. The maximum absolute atomic E-state index is 12.5. The molecule has 2 aliphatic rings. The van der Waals surface area contributed by atoms with E-state index < -0.39 is 12.1 Å². The molecule has 2 atom stereocenters. The molecule has 2 heterocycles. The fourth-order valence-electron chi connectivity index (χ4n) is 2.67. The second-order valence-electron chi connectivity index (χ2n) is 4.92. The number of fused-ring (bicyclic) bond motifs is 2. The topological polar surface area (TPSA) is 99.1 Å². The number of nitrogens with one attached hydrogen (secondary N) is 1. The van der Waals surface area contributed by atoms with E-state index >= 15 is 0 Å². The first-order chi connectivity index (χ1) is 9.51. The van der Waals surface area contributed by atoms with Crippen LogP contribution in [-0.2, 0) is 4.79 Å². The zero-order valence-corrected chi connectivity index (χ0v) is 10.8. The van der Waals surface area contributed by atoms with Crippen LogP contribution in [0.15, 0.2) is 12.1 Å². The summed E-state index contributed by atoms with van der Waals surface area (Å²) in [6.07, 6.45) is -0.482. The van der Waals surface area contributed by atoms with E-state index in [1.807, 2.05) is 0 Å². The molecule has 2 aliphatic heterocycles. The minimum atomic E-state index is -0.699. The van der Waals surface area contributed by atoms with Crippen LogP contribution >= 0.6 is 0 Å². The predicted molar refractivity (Wildman–Crippen MR) is 68.7 cm³/mol. The molecule has 106 valence electrons. The number of aliphatic hydroxyl groups excluding tert-OH is 1. The molecule has 0 aromatic heterocycles. The molecule has 1 unspecified atom stereocenters. The molecule has 1 aromatic carbocycles. The number of carbonyl (C=O) groups is 2. The van der Waals surface area contributed by atoms with Crippen molar-refractivity contribution in [2.24, 2.45) is 0 Å². The standard InChI is InChI=1S/C13H14N2O5/c1-20-11-3-7-8(4-10(11)17)14-12(18)9-2-6(16)5-15(9)13(7)19/h3-4,6,9,16-17H,2,5H2,1H3,(H,14,18)/t6?,9-/m0/s1. The van der Waals surface area contributed by atoms with E-state index in [1.165, 1.54) is 24.1 Å². The Morgan fingerprint density at radius 1 is 1.40 bits per heavy atom. The van der Waals surface area contributed by atoms with Gasteiger partial charge in [0.25, 0.3) is 5.91 Å². The fraction of sp³-hybridized carbons (Fsp3) is 0.385. The van der Waals surface area contributed by atoms with Gasteiger partial charge in [-0.2, -0.15) is 0 Å². The number of rotatable bonds is 1. The van der Waals surface area contributed by atoms with E-state index in [0.717, 1.165) is 0 Å². The van der Waals surface area contributed by atoms with Gasteiger partial charge in [0.1, 0.15) is 6.04 Å². The summed E-state index contributed by atoms with van der Waals surface area (Å²) in [6, 6.07) is 2.00. The van der Waals surface area contributed by atoms with Crippen molar-refractivity contribution in [1.29, 1.82) is 0 Å². The number of amides is 2. The average Bonchev–Trinajstić information content (AvgIpc) is 2.77. The van der Waals surface area contributed by atoms with E-state index in [1.54, 1.807) is 0 Å². The smallest absolute Gasteiger partial charge is 0.256 e. The highest BCUT2D eigenvalue weighted by Crippen LogP contribution is 2.36. The molecule has 7 nitrogen and oxygen atoms in total. The summed E-state index contributed by atoms with van der Waals surface area (Å²) < 4.78 is 4.98. The third-order valence-electron chi connectivity index (χ3n) is 3.65. The van der Waals surface area contributed by atoms with Crippen LogP contribution in [0.25, 0.3) is 0 Å². The first kappa shape index (κ1) is 12.7. The lowest BCUT2D eigenvalue weighted by molar-refractivity contribution is -0.119. The SMILES string of the molecule is COc1cc2c(cc1O)NC(=O)[C@@H]1CC(O)CN1C2=O. The number of phenols is 1. The van der Waals surface area contributed by atoms with Crippen LogP contribution in [-0.4, -0.2) is 52.7 Å². The summed E-state index contributed by atoms with van der Waals surface area (Å²) in [5.74, 6) is -0.720. The molecule has 0 aliphatic carbocycles. The minimum Gasteiger partial charge on any atom is -0.504 e. The van der Waals surface area contributed by atoms with Gasteiger partial charge in [0.15, 0.2) is 11.5 Å². The van der Waals surface area contributed by atoms with Crippen molar-refractivity contribution in [3.8, 4) is 11.5 Å². The zero-order chi connectivity index (χ0) is 14.4. The number of hydrogen-bond donors (Lipinski definition) is 3. The van der Waals surface area contributed by atoms with Crippen molar-refractivity contribution in [2.75, 3.05) is 19.0 Å². The number of aromatic hydroxyl groups is 1. The van der Waals surface area contributed by atoms with Gasteiger partial charge in [-0.1, -0.05) is 0 Å². The molecule has 0 radical (unpaired) electrons. The third kappa shape index (κ3) is 1.78. The van der Waals surface area contributed by atoms with Crippen molar-refractivity contribution in [2.45, 2.75) is 18.6 Å². The number of anilines is 1. The van der Waals surface area contributed by atoms with E-state index in [2.05, 4.69) is 5.32 Å². The normalized spacial score (nSPS) is 24.8. The molecule has 1 saturated heterocycles. The number of nitrogens with zero attached hydrogens (tertiary/aromatic N) is 1. The van der Waals surface area contributed by atoms with Crippen LogP contribution in [0.3, 0.4) is 0 Å². The molecule has 0 saturated carbocycles. The molecule has 1 fully saturated rings. The van der Waals surface area contributed by atoms with Gasteiger partial charge in [0.05, 0.1) is 24.5 Å². The minimum absolute atomic E-state index is 0.125. The Morgan fingerprint density at radius 2 is 2.15 bits per heavy atom. The van der Waals surface area contributed by atoms with Crippen LogP contribution in [0.2, 0.25) is 0 Å². The van der Waals surface area contributed by atoms with Crippen LogP contribution < -0.4 is 10.1 Å². The number of benzene rings is 1. The highest BCUT2D eigenvalue weighted by Gasteiger charge is 2.42. The lowest BCUT2D eigenvalue weighted by Gasteiger charge is -2.19. The van der Waals surface area contributed by atoms with Gasteiger partial charge < -0.3 is 25.2 Å². The molecule has 7 heteroatoms. The Bertz CT molecular complexity index is 601. The zero-order valence-electron chi connectivity index (χ0n) is 10.8. The molecule has 3 N–H and O–H groups in total. The van der Waals surface area contributed by atoms with Gasteiger partial charge in [0.2, 0.25) is 5.91 Å². The Morgan fingerprint density at radius 3 is 2.85 bits per heavy atom. The Hall–Kier alpha value is -2.28. The van der Waals surface area contributed by atoms with Gasteiger partial charge in [-0.15, -0.1) is 0 Å². The van der Waals surface area contributed by atoms with E-state index in [0.29, 0.717) is 0 Å². The van der Waals surface area contributed by atoms with Gasteiger partial charge >= 0.3 is 0 Å². The van der Waals surface area contributed by atoms with Crippen LogP contribution in [0.1, 0.15) is 16.8 Å². The maximum atomic E-state index is 12.5. The average molecular weight is 278 g/mol. The van der Waals surface area contributed by atoms with Crippen molar-refractivity contribution in [3.05, 3.63) is 17.7 Å². The monoisotopic (exact) mass is 278 g/mol. The summed E-state index contributed by atoms with van der Waals surface area (Å²) in [7, 11) is 1.38. The van der Waals surface area contributed by atoms with Gasteiger partial charge in [-0.3, -0.25) is 9.59 Å². The van der Waals surface area contributed by atoms with Crippen molar-refractivity contribution in [3.63, 3.8) is 0 Å². The van der Waals surface area contributed by atoms with Crippen LogP contribution in [0.5, 0.6) is 11.5 Å². The number of phenolic OH excluding ortho intramolecular Hbond substituents is 1.